The number of nitrogens with zero attached hydrogens (tertiary/aromatic N) is 3. The third kappa shape index (κ3) is 2.54. The molecule has 2 aromatic heterocycles. The van der Waals surface area contributed by atoms with Gasteiger partial charge in [0.2, 0.25) is 5.88 Å². The van der Waals surface area contributed by atoms with Crippen molar-refractivity contribution in [1.29, 1.82) is 0 Å². The molecule has 0 aliphatic heterocycles. The van der Waals surface area contributed by atoms with Crippen molar-refractivity contribution in [2.24, 2.45) is 5.73 Å². The Hall–Kier alpha value is -2.08. The lowest BCUT2D eigenvalue weighted by atomic mass is 10.1. The number of nitrogens with two attached hydrogens (primary N) is 1. The molecule has 0 radical (unpaired) electrons. The molecule has 5 nitrogen and oxygen atoms in total. The van der Waals surface area contributed by atoms with Crippen molar-refractivity contribution in [1.82, 2.24) is 15.2 Å². The summed E-state index contributed by atoms with van der Waals surface area (Å²) < 4.78 is 17.9. The van der Waals surface area contributed by atoms with Crippen LogP contribution in [0.1, 0.15) is 17.3 Å². The largest absolute Gasteiger partial charge is 0.480 e. The Labute approximate surface area is 97.5 Å². The highest BCUT2D eigenvalue weighted by molar-refractivity contribution is 5.25. The Bertz CT molecular complexity index is 503. The summed E-state index contributed by atoms with van der Waals surface area (Å²) in [5.41, 5.74) is 7.00. The van der Waals surface area contributed by atoms with Gasteiger partial charge in [-0.2, -0.15) is 0 Å². The quantitative estimate of drug-likeness (QED) is 0.859. The first kappa shape index (κ1) is 11.4. The second-order valence-electron chi connectivity index (χ2n) is 3.41. The van der Waals surface area contributed by atoms with Gasteiger partial charge in [0.05, 0.1) is 25.0 Å². The highest BCUT2D eigenvalue weighted by atomic mass is 19.1. The molecule has 2 N–H and O–H groups in total. The summed E-state index contributed by atoms with van der Waals surface area (Å²) in [5.74, 6) is -0.0299. The molecule has 0 amide bonds. The molecule has 0 saturated carbocycles. The lowest BCUT2D eigenvalue weighted by Crippen LogP contribution is -2.14. The number of halogens is 1. The fraction of sp³-hybridized carbons (Fsp3) is 0.182. The fourth-order valence-corrected chi connectivity index (χ4v) is 1.37. The smallest absolute Gasteiger partial charge is 0.233 e. The van der Waals surface area contributed by atoms with E-state index in [2.05, 4.69) is 15.2 Å². The Balaban J connectivity index is 2.27. The van der Waals surface area contributed by atoms with E-state index < -0.39 is 11.9 Å². The number of methoxy groups -OCH3 is 1. The minimum absolute atomic E-state index is 0.401. The van der Waals surface area contributed by atoms with E-state index in [9.17, 15) is 4.39 Å². The van der Waals surface area contributed by atoms with Crippen LogP contribution in [0.2, 0.25) is 0 Å². The van der Waals surface area contributed by atoms with Gasteiger partial charge in [-0.25, -0.2) is 4.39 Å². The van der Waals surface area contributed by atoms with Crippen LogP contribution in [0.15, 0.2) is 30.6 Å². The summed E-state index contributed by atoms with van der Waals surface area (Å²) in [6.07, 6.45) is 2.62. The molecule has 1 unspecified atom stereocenters. The monoisotopic (exact) mass is 234 g/mol. The first-order valence-corrected chi connectivity index (χ1v) is 4.94. The van der Waals surface area contributed by atoms with Crippen molar-refractivity contribution >= 4 is 0 Å². The van der Waals surface area contributed by atoms with Crippen LogP contribution < -0.4 is 10.5 Å². The Morgan fingerprint density at radius 3 is 2.71 bits per heavy atom. The van der Waals surface area contributed by atoms with Crippen molar-refractivity contribution in [3.63, 3.8) is 0 Å². The van der Waals surface area contributed by atoms with E-state index in [1.165, 1.54) is 19.4 Å². The number of pyridine rings is 1. The third-order valence-corrected chi connectivity index (χ3v) is 2.27. The average molecular weight is 234 g/mol. The topological polar surface area (TPSA) is 73.9 Å². The summed E-state index contributed by atoms with van der Waals surface area (Å²) in [7, 11) is 1.50. The first-order valence-electron chi connectivity index (χ1n) is 4.94. The van der Waals surface area contributed by atoms with Gasteiger partial charge in [-0.05, 0) is 17.7 Å². The van der Waals surface area contributed by atoms with Gasteiger partial charge in [-0.1, -0.05) is 0 Å². The molecule has 0 saturated heterocycles. The average Bonchev–Trinajstić information content (AvgIpc) is 2.38. The number of aromatic nitrogens is 3. The minimum Gasteiger partial charge on any atom is -0.480 e. The number of hydrogen-bond donors (Lipinski definition) is 1. The zero-order chi connectivity index (χ0) is 12.3. The van der Waals surface area contributed by atoms with E-state index in [-0.39, 0.29) is 0 Å². The van der Waals surface area contributed by atoms with Crippen molar-refractivity contribution < 1.29 is 9.13 Å². The van der Waals surface area contributed by atoms with Gasteiger partial charge >= 0.3 is 0 Å². The van der Waals surface area contributed by atoms with Crippen LogP contribution in [-0.2, 0) is 0 Å². The first-order chi connectivity index (χ1) is 8.20. The molecule has 17 heavy (non-hydrogen) atoms. The van der Waals surface area contributed by atoms with Gasteiger partial charge in [0.25, 0.3) is 0 Å². The van der Waals surface area contributed by atoms with Crippen LogP contribution in [0.5, 0.6) is 5.88 Å². The van der Waals surface area contributed by atoms with E-state index >= 15 is 0 Å². The molecule has 88 valence electrons. The van der Waals surface area contributed by atoms with Crippen LogP contribution >= 0.6 is 0 Å². The molecule has 0 fully saturated rings. The van der Waals surface area contributed by atoms with Gasteiger partial charge in [-0.3, -0.25) is 4.98 Å². The zero-order valence-corrected chi connectivity index (χ0v) is 9.17. The minimum atomic E-state index is -0.559. The second kappa shape index (κ2) is 4.84. The van der Waals surface area contributed by atoms with Gasteiger partial charge in [0, 0.05) is 12.3 Å². The van der Waals surface area contributed by atoms with Gasteiger partial charge in [-0.15, -0.1) is 10.2 Å². The summed E-state index contributed by atoms with van der Waals surface area (Å²) in [6, 6.07) is 4.09. The standard InChI is InChI=1S/C11H11FN4O/c1-17-10-3-2-9(15-16-10)11(13)7-4-8(12)6-14-5-7/h2-6,11H,13H2,1H3. The lowest BCUT2D eigenvalue weighted by Gasteiger charge is -2.10. The molecule has 0 aromatic carbocycles. The molecule has 0 bridgehead atoms. The maximum Gasteiger partial charge on any atom is 0.233 e. The van der Waals surface area contributed by atoms with E-state index in [0.29, 0.717) is 17.1 Å². The molecule has 0 aliphatic rings. The van der Waals surface area contributed by atoms with Gasteiger partial charge < -0.3 is 10.5 Å². The van der Waals surface area contributed by atoms with Crippen molar-refractivity contribution in [3.05, 3.63) is 47.7 Å². The van der Waals surface area contributed by atoms with Crippen LogP contribution in [-0.4, -0.2) is 22.3 Å². The fourth-order valence-electron chi connectivity index (χ4n) is 1.37. The molecule has 1 atom stereocenters. The van der Waals surface area contributed by atoms with E-state index in [4.69, 9.17) is 10.5 Å². The molecule has 2 aromatic rings. The highest BCUT2D eigenvalue weighted by Gasteiger charge is 2.12. The summed E-state index contributed by atoms with van der Waals surface area (Å²) in [4.78, 5) is 3.74. The zero-order valence-electron chi connectivity index (χ0n) is 9.17. The Kier molecular flexibility index (Phi) is 3.24. The second-order valence-corrected chi connectivity index (χ2v) is 3.41. The van der Waals surface area contributed by atoms with E-state index in [1.54, 1.807) is 12.1 Å². The summed E-state index contributed by atoms with van der Waals surface area (Å²) in [5, 5.41) is 7.71. The Morgan fingerprint density at radius 2 is 2.12 bits per heavy atom. The molecular weight excluding hydrogens is 223 g/mol. The molecule has 0 aliphatic carbocycles. The maximum absolute atomic E-state index is 13.0. The van der Waals surface area contributed by atoms with Crippen LogP contribution in [0, 0.1) is 5.82 Å². The number of rotatable bonds is 3. The van der Waals surface area contributed by atoms with Crippen LogP contribution in [0.25, 0.3) is 0 Å². The van der Waals surface area contributed by atoms with Crippen molar-refractivity contribution in [2.75, 3.05) is 7.11 Å². The number of ether oxygens (including phenoxy) is 1. The molecule has 2 rings (SSSR count). The van der Waals surface area contributed by atoms with Crippen LogP contribution in [0.3, 0.4) is 0 Å². The van der Waals surface area contributed by atoms with Gasteiger partial charge in [0.1, 0.15) is 5.82 Å². The van der Waals surface area contributed by atoms with Crippen molar-refractivity contribution in [3.8, 4) is 5.88 Å². The molecule has 6 heteroatoms. The Morgan fingerprint density at radius 1 is 1.29 bits per heavy atom. The summed E-state index contributed by atoms with van der Waals surface area (Å²) >= 11 is 0. The van der Waals surface area contributed by atoms with Crippen LogP contribution in [0.4, 0.5) is 4.39 Å². The lowest BCUT2D eigenvalue weighted by molar-refractivity contribution is 0.390. The number of hydrogen-bond acceptors (Lipinski definition) is 5. The van der Waals surface area contributed by atoms with E-state index in [1.807, 2.05) is 0 Å². The predicted molar refractivity (Wildman–Crippen MR) is 58.8 cm³/mol. The highest BCUT2D eigenvalue weighted by Crippen LogP contribution is 2.18. The van der Waals surface area contributed by atoms with E-state index in [0.717, 1.165) is 6.20 Å². The van der Waals surface area contributed by atoms with Gasteiger partial charge in [0.15, 0.2) is 0 Å². The SMILES string of the molecule is COc1ccc(C(N)c2cncc(F)c2)nn1. The normalized spacial score (nSPS) is 12.2. The molecule has 2 heterocycles. The molecular formula is C11H11FN4O. The summed E-state index contributed by atoms with van der Waals surface area (Å²) in [6.45, 7) is 0. The maximum atomic E-state index is 13.0. The van der Waals surface area contributed by atoms with Crippen molar-refractivity contribution in [2.45, 2.75) is 6.04 Å². The third-order valence-electron chi connectivity index (χ3n) is 2.27. The molecule has 0 spiro atoms. The predicted octanol–water partition coefficient (Wildman–Crippen LogP) is 1.07.